The fourth-order valence-electron chi connectivity index (χ4n) is 2.14. The number of nitrogens with one attached hydrogen (secondary N) is 2. The third-order valence-corrected chi connectivity index (χ3v) is 5.26. The first-order valence-corrected chi connectivity index (χ1v) is 8.53. The lowest BCUT2D eigenvalue weighted by atomic mass is 9.99. The summed E-state index contributed by atoms with van der Waals surface area (Å²) >= 11 is 0. The van der Waals surface area contributed by atoms with Gasteiger partial charge in [-0.1, -0.05) is 20.3 Å². The summed E-state index contributed by atoms with van der Waals surface area (Å²) in [5, 5.41) is 14.5. The summed E-state index contributed by atoms with van der Waals surface area (Å²) in [6.45, 7) is 3.93. The molecular weight excluding hydrogens is 284 g/mol. The van der Waals surface area contributed by atoms with E-state index in [0.29, 0.717) is 13.0 Å². The molecule has 1 heterocycles. The molecule has 1 rings (SSSR count). The van der Waals surface area contributed by atoms with Crippen molar-refractivity contribution < 1.29 is 23.1 Å². The number of rotatable bonds is 6. The topological polar surface area (TPSA) is 113 Å². The smallest absolute Gasteiger partial charge is 0.326 e. The van der Waals surface area contributed by atoms with E-state index in [2.05, 4.69) is 10.6 Å². The van der Waals surface area contributed by atoms with Gasteiger partial charge in [-0.05, 0) is 5.92 Å². The largest absolute Gasteiger partial charge is 0.480 e. The Labute approximate surface area is 119 Å². The molecule has 1 saturated heterocycles. The van der Waals surface area contributed by atoms with Crippen LogP contribution in [0.25, 0.3) is 0 Å². The second kappa shape index (κ2) is 7.03. The second-order valence-electron chi connectivity index (χ2n) is 5.24. The van der Waals surface area contributed by atoms with Crippen LogP contribution in [-0.2, 0) is 19.4 Å². The quantitative estimate of drug-likeness (QED) is 0.603. The molecule has 20 heavy (non-hydrogen) atoms. The molecule has 0 aromatic rings. The lowest BCUT2D eigenvalue weighted by molar-refractivity contribution is -0.143. The summed E-state index contributed by atoms with van der Waals surface area (Å²) in [5.74, 6) is -1.69. The number of carbonyl (C=O) groups is 2. The average molecular weight is 306 g/mol. The van der Waals surface area contributed by atoms with Crippen LogP contribution in [0.5, 0.6) is 0 Å². The number of amides is 1. The maximum atomic E-state index is 11.8. The highest BCUT2D eigenvalue weighted by Crippen LogP contribution is 2.10. The first kappa shape index (κ1) is 16.9. The van der Waals surface area contributed by atoms with Gasteiger partial charge in [0, 0.05) is 19.0 Å². The minimum atomic E-state index is -3.10. The van der Waals surface area contributed by atoms with E-state index in [1.807, 2.05) is 6.92 Å². The fourth-order valence-corrected chi connectivity index (χ4v) is 3.58. The number of carboxylic acid groups (broad SMARTS) is 1. The van der Waals surface area contributed by atoms with Crippen LogP contribution in [0.4, 0.5) is 0 Å². The predicted molar refractivity (Wildman–Crippen MR) is 74.1 cm³/mol. The van der Waals surface area contributed by atoms with Gasteiger partial charge in [0.1, 0.15) is 6.04 Å². The van der Waals surface area contributed by atoms with Gasteiger partial charge < -0.3 is 15.7 Å². The first-order chi connectivity index (χ1) is 9.25. The number of carboxylic acids is 1. The van der Waals surface area contributed by atoms with Crippen LogP contribution < -0.4 is 10.6 Å². The molecule has 0 saturated carbocycles. The van der Waals surface area contributed by atoms with Crippen molar-refractivity contribution in [1.82, 2.24) is 10.6 Å². The van der Waals surface area contributed by atoms with Crippen LogP contribution in [0, 0.1) is 5.92 Å². The second-order valence-corrected chi connectivity index (χ2v) is 7.47. The predicted octanol–water partition coefficient (Wildman–Crippen LogP) is -0.621. The van der Waals surface area contributed by atoms with E-state index in [-0.39, 0.29) is 23.8 Å². The van der Waals surface area contributed by atoms with Crippen molar-refractivity contribution in [3.8, 4) is 0 Å². The zero-order valence-electron chi connectivity index (χ0n) is 11.8. The molecule has 0 radical (unpaired) electrons. The van der Waals surface area contributed by atoms with Crippen molar-refractivity contribution in [2.45, 2.75) is 38.8 Å². The monoisotopic (exact) mass is 306 g/mol. The maximum Gasteiger partial charge on any atom is 0.326 e. The van der Waals surface area contributed by atoms with Gasteiger partial charge in [-0.25, -0.2) is 13.2 Å². The molecule has 0 aliphatic carbocycles. The zero-order valence-corrected chi connectivity index (χ0v) is 12.6. The fraction of sp³-hybridized carbons (Fsp3) is 0.833. The minimum Gasteiger partial charge on any atom is -0.480 e. The van der Waals surface area contributed by atoms with Gasteiger partial charge in [0.15, 0.2) is 9.84 Å². The lowest BCUT2D eigenvalue weighted by Crippen LogP contribution is -2.50. The molecule has 0 aromatic carbocycles. The van der Waals surface area contributed by atoms with Crippen molar-refractivity contribution in [3.63, 3.8) is 0 Å². The van der Waals surface area contributed by atoms with E-state index in [0.717, 1.165) is 0 Å². The van der Waals surface area contributed by atoms with E-state index in [1.54, 1.807) is 6.92 Å². The molecule has 7 nitrogen and oxygen atoms in total. The molecule has 1 fully saturated rings. The van der Waals surface area contributed by atoms with Gasteiger partial charge >= 0.3 is 5.97 Å². The number of sulfone groups is 1. The van der Waals surface area contributed by atoms with Crippen molar-refractivity contribution in [3.05, 3.63) is 0 Å². The number of carbonyl (C=O) groups excluding carboxylic acids is 1. The van der Waals surface area contributed by atoms with E-state index in [4.69, 9.17) is 5.11 Å². The number of hydrogen-bond acceptors (Lipinski definition) is 5. The van der Waals surface area contributed by atoms with Gasteiger partial charge in [-0.15, -0.1) is 0 Å². The molecule has 3 atom stereocenters. The van der Waals surface area contributed by atoms with Crippen LogP contribution in [0.15, 0.2) is 0 Å². The van der Waals surface area contributed by atoms with Crippen LogP contribution in [-0.4, -0.2) is 55.5 Å². The maximum absolute atomic E-state index is 11.8. The summed E-state index contributed by atoms with van der Waals surface area (Å²) in [7, 11) is -3.10. The third-order valence-electron chi connectivity index (χ3n) is 3.53. The molecule has 1 aliphatic rings. The first-order valence-electron chi connectivity index (χ1n) is 6.71. The Morgan fingerprint density at radius 3 is 2.60 bits per heavy atom. The molecule has 1 amide bonds. The standard InChI is InChI=1S/C12H22N2O5S/c1-3-8(2)11(12(16)17)14-10(15)6-9-7-20(18,19)5-4-13-9/h8-9,11,13H,3-7H2,1-2H3,(H,14,15)(H,16,17)/t8-,9?,11-/m0/s1. The van der Waals surface area contributed by atoms with Crippen LogP contribution in [0.3, 0.4) is 0 Å². The Balaban J connectivity index is 2.56. The van der Waals surface area contributed by atoms with Crippen molar-refractivity contribution in [1.29, 1.82) is 0 Å². The molecule has 8 heteroatoms. The van der Waals surface area contributed by atoms with E-state index in [1.165, 1.54) is 0 Å². The molecule has 1 aliphatic heterocycles. The molecule has 0 aromatic heterocycles. The highest BCUT2D eigenvalue weighted by molar-refractivity contribution is 7.91. The van der Waals surface area contributed by atoms with Crippen LogP contribution >= 0.6 is 0 Å². The minimum absolute atomic E-state index is 0.0283. The summed E-state index contributed by atoms with van der Waals surface area (Å²) in [4.78, 5) is 23.0. The highest BCUT2D eigenvalue weighted by atomic mass is 32.2. The highest BCUT2D eigenvalue weighted by Gasteiger charge is 2.29. The van der Waals surface area contributed by atoms with Crippen LogP contribution in [0.2, 0.25) is 0 Å². The Bertz CT molecular complexity index is 462. The van der Waals surface area contributed by atoms with Gasteiger partial charge in [-0.2, -0.15) is 0 Å². The van der Waals surface area contributed by atoms with E-state index >= 15 is 0 Å². The summed E-state index contributed by atoms with van der Waals surface area (Å²) in [6, 6.07) is -1.38. The molecule has 0 bridgehead atoms. The van der Waals surface area contributed by atoms with Crippen molar-refractivity contribution in [2.75, 3.05) is 18.1 Å². The SMILES string of the molecule is CC[C@H](C)[C@H](NC(=O)CC1CS(=O)(=O)CCN1)C(=O)O. The molecule has 0 spiro atoms. The molecular formula is C12H22N2O5S. The van der Waals surface area contributed by atoms with Crippen molar-refractivity contribution >= 4 is 21.7 Å². The van der Waals surface area contributed by atoms with Gasteiger partial charge in [0.25, 0.3) is 0 Å². The summed E-state index contributed by atoms with van der Waals surface area (Å²) in [6.07, 6.45) is 0.604. The van der Waals surface area contributed by atoms with Crippen molar-refractivity contribution in [2.24, 2.45) is 5.92 Å². The third kappa shape index (κ3) is 5.09. The molecule has 3 N–H and O–H groups in total. The van der Waals surface area contributed by atoms with Crippen LogP contribution in [0.1, 0.15) is 26.7 Å². The van der Waals surface area contributed by atoms with E-state index < -0.39 is 33.8 Å². The normalized spacial score (nSPS) is 24.6. The summed E-state index contributed by atoms with van der Waals surface area (Å²) < 4.78 is 22.9. The average Bonchev–Trinajstić information content (AvgIpc) is 2.33. The Morgan fingerprint density at radius 2 is 2.10 bits per heavy atom. The lowest BCUT2D eigenvalue weighted by Gasteiger charge is -2.25. The van der Waals surface area contributed by atoms with Gasteiger partial charge in [0.05, 0.1) is 11.5 Å². The van der Waals surface area contributed by atoms with Gasteiger partial charge in [-0.3, -0.25) is 4.79 Å². The number of aliphatic carboxylic acids is 1. The van der Waals surface area contributed by atoms with E-state index in [9.17, 15) is 18.0 Å². The Hall–Kier alpha value is -1.15. The zero-order chi connectivity index (χ0) is 15.3. The molecule has 1 unspecified atom stereocenters. The van der Waals surface area contributed by atoms with Gasteiger partial charge in [0.2, 0.25) is 5.91 Å². The molecule has 116 valence electrons. The summed E-state index contributed by atoms with van der Waals surface area (Å²) in [5.41, 5.74) is 0. The number of hydrogen-bond donors (Lipinski definition) is 3. The Morgan fingerprint density at radius 1 is 1.45 bits per heavy atom. The Kier molecular flexibility index (Phi) is 5.94.